The van der Waals surface area contributed by atoms with Crippen molar-refractivity contribution in [3.05, 3.63) is 59.5 Å². The van der Waals surface area contributed by atoms with E-state index in [1.807, 2.05) is 18.2 Å². The maximum absolute atomic E-state index is 12.2. The van der Waals surface area contributed by atoms with E-state index in [9.17, 15) is 14.4 Å². The summed E-state index contributed by atoms with van der Waals surface area (Å²) in [4.78, 5) is 37.1. The molecular formula is C18H18N2O5. The highest BCUT2D eigenvalue weighted by Crippen LogP contribution is 2.18. The normalized spacial score (nSPS) is 13.0. The van der Waals surface area contributed by atoms with Gasteiger partial charge in [0.05, 0.1) is 6.26 Å². The maximum atomic E-state index is 12.2. The molecule has 0 unspecified atom stereocenters. The quantitative estimate of drug-likeness (QED) is 0.823. The molecule has 2 amide bonds. The Bertz CT molecular complexity index is 770. The van der Waals surface area contributed by atoms with Crippen molar-refractivity contribution >= 4 is 17.8 Å². The Morgan fingerprint density at radius 3 is 2.68 bits per heavy atom. The second-order valence-electron chi connectivity index (χ2n) is 5.65. The summed E-state index contributed by atoms with van der Waals surface area (Å²) in [5.41, 5.74) is 2.35. The zero-order valence-electron chi connectivity index (χ0n) is 13.6. The van der Waals surface area contributed by atoms with Crippen LogP contribution < -0.4 is 5.32 Å². The van der Waals surface area contributed by atoms with Crippen molar-refractivity contribution < 1.29 is 23.5 Å². The number of nitrogens with one attached hydrogen (secondary N) is 1. The van der Waals surface area contributed by atoms with Gasteiger partial charge in [-0.2, -0.15) is 0 Å². The summed E-state index contributed by atoms with van der Waals surface area (Å²) in [6.45, 7) is 0.456. The molecule has 0 atom stereocenters. The fourth-order valence-corrected chi connectivity index (χ4v) is 2.64. The lowest BCUT2D eigenvalue weighted by atomic mass is 10.00. The van der Waals surface area contributed by atoms with Crippen molar-refractivity contribution in [1.29, 1.82) is 0 Å². The minimum Gasteiger partial charge on any atom is -0.459 e. The Morgan fingerprint density at radius 1 is 1.12 bits per heavy atom. The number of ether oxygens (including phenoxy) is 1. The molecule has 2 heterocycles. The Morgan fingerprint density at radius 2 is 1.92 bits per heavy atom. The molecule has 1 aromatic carbocycles. The molecule has 130 valence electrons. The second-order valence-corrected chi connectivity index (χ2v) is 5.65. The van der Waals surface area contributed by atoms with Gasteiger partial charge in [0.25, 0.3) is 11.8 Å². The van der Waals surface area contributed by atoms with Gasteiger partial charge in [0, 0.05) is 13.1 Å². The van der Waals surface area contributed by atoms with Crippen LogP contribution in [-0.4, -0.2) is 42.4 Å². The summed E-state index contributed by atoms with van der Waals surface area (Å²) in [6.07, 6.45) is 2.15. The number of esters is 1. The Labute approximate surface area is 144 Å². The predicted molar refractivity (Wildman–Crippen MR) is 87.6 cm³/mol. The van der Waals surface area contributed by atoms with Crippen LogP contribution in [0.5, 0.6) is 0 Å². The highest BCUT2D eigenvalue weighted by Gasteiger charge is 2.21. The molecule has 3 rings (SSSR count). The Balaban J connectivity index is 1.42. The predicted octanol–water partition coefficient (Wildman–Crippen LogP) is 1.14. The monoisotopic (exact) mass is 342 g/mol. The number of nitrogens with zero attached hydrogens (tertiary/aromatic N) is 1. The molecule has 1 aromatic heterocycles. The number of furan rings is 1. The third-order valence-corrected chi connectivity index (χ3v) is 3.98. The Hall–Kier alpha value is -3.09. The van der Waals surface area contributed by atoms with Gasteiger partial charge >= 0.3 is 5.97 Å². The summed E-state index contributed by atoms with van der Waals surface area (Å²) in [7, 11) is 0. The van der Waals surface area contributed by atoms with E-state index >= 15 is 0 Å². The standard InChI is InChI=1S/C18H18N2O5/c21-16(20-8-7-13-4-1-2-5-14(13)11-20)12-25-17(22)10-19-18(23)15-6-3-9-24-15/h1-6,9H,7-8,10-12H2,(H,19,23). The molecule has 1 aliphatic heterocycles. The van der Waals surface area contributed by atoms with E-state index in [0.29, 0.717) is 13.1 Å². The van der Waals surface area contributed by atoms with Crippen molar-refractivity contribution in [2.45, 2.75) is 13.0 Å². The lowest BCUT2D eigenvalue weighted by Crippen LogP contribution is -2.39. The van der Waals surface area contributed by atoms with Crippen LogP contribution >= 0.6 is 0 Å². The van der Waals surface area contributed by atoms with Crippen LogP contribution in [0, 0.1) is 0 Å². The molecule has 1 N–H and O–H groups in total. The largest absolute Gasteiger partial charge is 0.459 e. The zero-order valence-corrected chi connectivity index (χ0v) is 13.6. The van der Waals surface area contributed by atoms with Gasteiger partial charge in [0.1, 0.15) is 6.54 Å². The molecule has 7 nitrogen and oxygen atoms in total. The van der Waals surface area contributed by atoms with Gasteiger partial charge in [-0.1, -0.05) is 24.3 Å². The Kier molecular flexibility index (Phi) is 5.13. The molecule has 2 aromatic rings. The lowest BCUT2D eigenvalue weighted by molar-refractivity contribution is -0.151. The van der Waals surface area contributed by atoms with Crippen molar-refractivity contribution in [3.8, 4) is 0 Å². The molecule has 0 saturated carbocycles. The van der Waals surface area contributed by atoms with Crippen LogP contribution in [0.4, 0.5) is 0 Å². The molecule has 25 heavy (non-hydrogen) atoms. The third-order valence-electron chi connectivity index (χ3n) is 3.98. The van der Waals surface area contributed by atoms with Crippen LogP contribution in [0.1, 0.15) is 21.7 Å². The van der Waals surface area contributed by atoms with Crippen LogP contribution in [0.3, 0.4) is 0 Å². The minimum absolute atomic E-state index is 0.107. The van der Waals surface area contributed by atoms with E-state index in [2.05, 4.69) is 11.4 Å². The highest BCUT2D eigenvalue weighted by atomic mass is 16.5. The first-order valence-electron chi connectivity index (χ1n) is 7.95. The number of rotatable bonds is 5. The van der Waals surface area contributed by atoms with Crippen LogP contribution in [-0.2, 0) is 27.3 Å². The van der Waals surface area contributed by atoms with Crippen LogP contribution in [0.15, 0.2) is 47.1 Å². The van der Waals surface area contributed by atoms with Gasteiger partial charge < -0.3 is 19.4 Å². The summed E-state index contributed by atoms with van der Waals surface area (Å²) in [5, 5.41) is 2.37. The van der Waals surface area contributed by atoms with E-state index in [0.717, 1.165) is 12.0 Å². The van der Waals surface area contributed by atoms with Crippen LogP contribution in [0.2, 0.25) is 0 Å². The molecule has 0 saturated heterocycles. The number of carbonyl (C=O) groups excluding carboxylic acids is 3. The highest BCUT2D eigenvalue weighted by molar-refractivity contribution is 5.93. The first-order valence-corrected chi connectivity index (χ1v) is 7.95. The summed E-state index contributed by atoms with van der Waals surface area (Å²) in [6, 6.07) is 11.0. The molecule has 0 radical (unpaired) electrons. The smallest absolute Gasteiger partial charge is 0.325 e. The minimum atomic E-state index is -0.675. The number of hydrogen-bond acceptors (Lipinski definition) is 5. The van der Waals surface area contributed by atoms with E-state index < -0.39 is 11.9 Å². The van der Waals surface area contributed by atoms with Crippen molar-refractivity contribution in [3.63, 3.8) is 0 Å². The van der Waals surface area contributed by atoms with Crippen molar-refractivity contribution in [2.75, 3.05) is 19.7 Å². The summed E-state index contributed by atoms with van der Waals surface area (Å²) < 4.78 is 9.85. The molecule has 0 fully saturated rings. The van der Waals surface area contributed by atoms with Gasteiger partial charge in [0.15, 0.2) is 12.4 Å². The molecule has 1 aliphatic rings. The summed E-state index contributed by atoms with van der Waals surface area (Å²) >= 11 is 0. The maximum Gasteiger partial charge on any atom is 0.325 e. The second kappa shape index (κ2) is 7.65. The van der Waals surface area contributed by atoms with Crippen LogP contribution in [0.25, 0.3) is 0 Å². The molecule has 7 heteroatoms. The van der Waals surface area contributed by atoms with Crippen molar-refractivity contribution in [2.24, 2.45) is 0 Å². The van der Waals surface area contributed by atoms with Crippen molar-refractivity contribution in [1.82, 2.24) is 10.2 Å². The van der Waals surface area contributed by atoms with Gasteiger partial charge in [-0.25, -0.2) is 0 Å². The average molecular weight is 342 g/mol. The van der Waals surface area contributed by atoms with E-state index in [4.69, 9.17) is 9.15 Å². The fraction of sp³-hybridized carbons (Fsp3) is 0.278. The van der Waals surface area contributed by atoms with E-state index in [-0.39, 0.29) is 24.8 Å². The number of amides is 2. The van der Waals surface area contributed by atoms with E-state index in [1.165, 1.54) is 17.9 Å². The van der Waals surface area contributed by atoms with Gasteiger partial charge in [-0.05, 0) is 29.7 Å². The molecule has 0 aliphatic carbocycles. The zero-order chi connectivity index (χ0) is 17.6. The number of fused-ring (bicyclic) bond motifs is 1. The SMILES string of the molecule is O=C(CNC(=O)c1ccco1)OCC(=O)N1CCc2ccccc2C1. The fourth-order valence-electron chi connectivity index (χ4n) is 2.64. The average Bonchev–Trinajstić information content (AvgIpc) is 3.18. The molecule has 0 spiro atoms. The van der Waals surface area contributed by atoms with Gasteiger partial charge in [-0.15, -0.1) is 0 Å². The molecule has 0 bridgehead atoms. The van der Waals surface area contributed by atoms with E-state index in [1.54, 1.807) is 11.0 Å². The molecular weight excluding hydrogens is 324 g/mol. The summed E-state index contributed by atoms with van der Waals surface area (Å²) in [5.74, 6) is -1.33. The topological polar surface area (TPSA) is 88.9 Å². The lowest BCUT2D eigenvalue weighted by Gasteiger charge is -2.28. The number of carbonyl (C=O) groups is 3. The van der Waals surface area contributed by atoms with Gasteiger partial charge in [0.2, 0.25) is 0 Å². The van der Waals surface area contributed by atoms with Gasteiger partial charge in [-0.3, -0.25) is 14.4 Å². The first-order chi connectivity index (χ1) is 12.1. The first kappa shape index (κ1) is 16.8. The third kappa shape index (κ3) is 4.26. The number of hydrogen-bond donors (Lipinski definition) is 1. The number of benzene rings is 1.